The van der Waals surface area contributed by atoms with Gasteiger partial charge in [0, 0.05) is 24.8 Å². The molecule has 0 spiro atoms. The Morgan fingerprint density at radius 2 is 0.970 bits per heavy atom. The van der Waals surface area contributed by atoms with E-state index in [0.717, 1.165) is 22.4 Å². The first-order valence-electron chi connectivity index (χ1n) is 10.6. The van der Waals surface area contributed by atoms with Crippen molar-refractivity contribution in [1.29, 1.82) is 0 Å². The second-order valence-corrected chi connectivity index (χ2v) is 7.32. The third-order valence-corrected chi connectivity index (χ3v) is 5.00. The molecule has 3 aromatic carbocycles. The molecule has 0 aliphatic carbocycles. The molecule has 5 rings (SSSR count). The average Bonchev–Trinajstić information content (AvgIpc) is 2.90. The Kier molecular flexibility index (Phi) is 7.43. The highest BCUT2D eigenvalue weighted by Gasteiger charge is 1.99. The molecule has 33 heavy (non-hydrogen) atoms. The zero-order chi connectivity index (χ0) is 22.7. The zero-order valence-corrected chi connectivity index (χ0v) is 18.1. The van der Waals surface area contributed by atoms with Gasteiger partial charge in [-0.25, -0.2) is 0 Å². The molecule has 0 saturated heterocycles. The van der Waals surface area contributed by atoms with Gasteiger partial charge in [-0.15, -0.1) is 0 Å². The van der Waals surface area contributed by atoms with E-state index >= 15 is 0 Å². The summed E-state index contributed by atoms with van der Waals surface area (Å²) in [6.45, 7) is 0.593. The van der Waals surface area contributed by atoms with Gasteiger partial charge in [0.1, 0.15) is 18.1 Å². The molecular formula is C29H24N2O2. The highest BCUT2D eigenvalue weighted by molar-refractivity contribution is 5.64. The molecule has 0 saturated carbocycles. The second-order valence-electron chi connectivity index (χ2n) is 7.32. The Morgan fingerprint density at radius 1 is 0.515 bits per heavy atom. The van der Waals surface area contributed by atoms with Crippen LogP contribution in [0.25, 0.3) is 22.3 Å². The number of hydrogen-bond donors (Lipinski definition) is 1. The molecular weight excluding hydrogens is 408 g/mol. The minimum atomic E-state index is 0.290. The number of aromatic nitrogens is 2. The third-order valence-electron chi connectivity index (χ3n) is 5.00. The summed E-state index contributed by atoms with van der Waals surface area (Å²) in [7, 11) is 0. The summed E-state index contributed by atoms with van der Waals surface area (Å²) in [5.41, 5.74) is 5.69. The van der Waals surface area contributed by atoms with Crippen molar-refractivity contribution in [3.05, 3.63) is 133 Å². The van der Waals surface area contributed by atoms with Crippen LogP contribution in [0.5, 0.6) is 11.5 Å². The van der Waals surface area contributed by atoms with Crippen LogP contribution in [0.3, 0.4) is 0 Å². The summed E-state index contributed by atoms with van der Waals surface area (Å²) in [5, 5.41) is 9.09. The first-order chi connectivity index (χ1) is 16.3. The van der Waals surface area contributed by atoms with Crippen LogP contribution in [-0.4, -0.2) is 15.1 Å². The van der Waals surface area contributed by atoms with E-state index < -0.39 is 0 Å². The summed E-state index contributed by atoms with van der Waals surface area (Å²) in [6, 6.07) is 33.3. The van der Waals surface area contributed by atoms with Crippen molar-refractivity contribution in [3.63, 3.8) is 0 Å². The van der Waals surface area contributed by atoms with Gasteiger partial charge < -0.3 is 9.84 Å². The van der Waals surface area contributed by atoms with Crippen molar-refractivity contribution in [1.82, 2.24) is 9.97 Å². The van der Waals surface area contributed by atoms with E-state index in [1.54, 1.807) is 36.9 Å². The highest BCUT2D eigenvalue weighted by atomic mass is 16.5. The Balaban J connectivity index is 0.000000172. The predicted molar refractivity (Wildman–Crippen MR) is 132 cm³/mol. The van der Waals surface area contributed by atoms with Gasteiger partial charge >= 0.3 is 0 Å². The molecule has 2 heterocycles. The van der Waals surface area contributed by atoms with Gasteiger partial charge in [0.25, 0.3) is 0 Å². The first-order valence-corrected chi connectivity index (χ1v) is 10.6. The van der Waals surface area contributed by atoms with Gasteiger partial charge in [-0.3, -0.25) is 9.97 Å². The lowest BCUT2D eigenvalue weighted by atomic mass is 10.1. The van der Waals surface area contributed by atoms with Crippen LogP contribution in [0, 0.1) is 0 Å². The SMILES string of the molecule is Oc1ccc(-c2ccncc2)cc1.c1ccc(COc2ccc(-c3ccncc3)cc2)cc1. The molecule has 5 aromatic rings. The number of nitrogens with zero attached hydrogens (tertiary/aromatic N) is 2. The van der Waals surface area contributed by atoms with E-state index in [0.29, 0.717) is 6.61 Å². The molecule has 0 aliphatic heterocycles. The van der Waals surface area contributed by atoms with Gasteiger partial charge in [-0.1, -0.05) is 54.6 Å². The molecule has 0 aliphatic rings. The van der Waals surface area contributed by atoms with Crippen LogP contribution in [0.1, 0.15) is 5.56 Å². The molecule has 0 amide bonds. The van der Waals surface area contributed by atoms with Crippen LogP contribution in [0.4, 0.5) is 0 Å². The Bertz CT molecular complexity index is 1230. The number of rotatable bonds is 5. The van der Waals surface area contributed by atoms with Crippen molar-refractivity contribution in [2.24, 2.45) is 0 Å². The molecule has 2 aromatic heterocycles. The fourth-order valence-corrected chi connectivity index (χ4v) is 3.23. The largest absolute Gasteiger partial charge is 0.508 e. The van der Waals surface area contributed by atoms with Crippen molar-refractivity contribution in [2.45, 2.75) is 6.61 Å². The van der Waals surface area contributed by atoms with Gasteiger partial charge in [-0.2, -0.15) is 0 Å². The molecule has 0 radical (unpaired) electrons. The van der Waals surface area contributed by atoms with Gasteiger partial charge in [0.2, 0.25) is 0 Å². The summed E-state index contributed by atoms with van der Waals surface area (Å²) in [6.07, 6.45) is 7.11. The summed E-state index contributed by atoms with van der Waals surface area (Å²) in [5.74, 6) is 1.17. The molecule has 1 N–H and O–H groups in total. The molecule has 0 atom stereocenters. The maximum atomic E-state index is 9.09. The van der Waals surface area contributed by atoms with Crippen LogP contribution in [0.2, 0.25) is 0 Å². The van der Waals surface area contributed by atoms with Gasteiger partial charge in [0.05, 0.1) is 0 Å². The van der Waals surface area contributed by atoms with E-state index in [1.165, 1.54) is 11.1 Å². The predicted octanol–water partition coefficient (Wildman–Crippen LogP) is 6.78. The fourth-order valence-electron chi connectivity index (χ4n) is 3.23. The molecule has 0 unspecified atom stereocenters. The molecule has 0 bridgehead atoms. The van der Waals surface area contributed by atoms with Gasteiger partial charge in [-0.05, 0) is 76.3 Å². The topological polar surface area (TPSA) is 55.2 Å². The number of aromatic hydroxyl groups is 1. The van der Waals surface area contributed by atoms with E-state index in [1.807, 2.05) is 66.7 Å². The van der Waals surface area contributed by atoms with E-state index in [9.17, 15) is 0 Å². The lowest BCUT2D eigenvalue weighted by molar-refractivity contribution is 0.306. The standard InChI is InChI=1S/C18H15NO.C11H9NO/c1-2-4-15(5-3-1)14-20-18-8-6-16(7-9-18)17-10-12-19-13-11-17;13-11-3-1-9(2-4-11)10-5-7-12-8-6-10/h1-13H,14H2;1-8,13H. The Hall–Kier alpha value is -4.44. The summed E-state index contributed by atoms with van der Waals surface area (Å²) in [4.78, 5) is 7.97. The zero-order valence-electron chi connectivity index (χ0n) is 18.1. The van der Waals surface area contributed by atoms with Crippen LogP contribution in [-0.2, 0) is 6.61 Å². The van der Waals surface area contributed by atoms with Crippen LogP contribution in [0.15, 0.2) is 128 Å². The lowest BCUT2D eigenvalue weighted by Gasteiger charge is -2.07. The summed E-state index contributed by atoms with van der Waals surface area (Å²) >= 11 is 0. The first kappa shape index (κ1) is 21.8. The van der Waals surface area contributed by atoms with E-state index in [2.05, 4.69) is 34.2 Å². The quantitative estimate of drug-likeness (QED) is 0.332. The van der Waals surface area contributed by atoms with Crippen molar-refractivity contribution in [2.75, 3.05) is 0 Å². The maximum absolute atomic E-state index is 9.09. The van der Waals surface area contributed by atoms with Crippen molar-refractivity contribution < 1.29 is 9.84 Å². The van der Waals surface area contributed by atoms with Crippen molar-refractivity contribution in [3.8, 4) is 33.8 Å². The minimum Gasteiger partial charge on any atom is -0.508 e. The summed E-state index contributed by atoms with van der Waals surface area (Å²) < 4.78 is 5.77. The van der Waals surface area contributed by atoms with Crippen LogP contribution >= 0.6 is 0 Å². The molecule has 4 nitrogen and oxygen atoms in total. The van der Waals surface area contributed by atoms with E-state index in [-0.39, 0.29) is 5.75 Å². The highest BCUT2D eigenvalue weighted by Crippen LogP contribution is 2.22. The monoisotopic (exact) mass is 432 g/mol. The van der Waals surface area contributed by atoms with Crippen LogP contribution < -0.4 is 4.74 Å². The molecule has 4 heteroatoms. The number of phenolic OH excluding ortho intramolecular Hbond substituents is 1. The van der Waals surface area contributed by atoms with E-state index in [4.69, 9.17) is 9.84 Å². The second kappa shape index (κ2) is 11.3. The Morgan fingerprint density at radius 3 is 1.48 bits per heavy atom. The number of benzene rings is 3. The molecule has 0 fully saturated rings. The number of hydrogen-bond acceptors (Lipinski definition) is 4. The number of ether oxygens (including phenoxy) is 1. The lowest BCUT2D eigenvalue weighted by Crippen LogP contribution is -1.94. The average molecular weight is 433 g/mol. The van der Waals surface area contributed by atoms with Gasteiger partial charge in [0.15, 0.2) is 0 Å². The normalized spacial score (nSPS) is 10.1. The van der Waals surface area contributed by atoms with Crippen molar-refractivity contribution >= 4 is 0 Å². The number of phenols is 1. The molecule has 162 valence electrons. The smallest absolute Gasteiger partial charge is 0.119 e. The Labute approximate surface area is 193 Å². The minimum absolute atomic E-state index is 0.290. The number of pyridine rings is 2. The maximum Gasteiger partial charge on any atom is 0.119 e. The fraction of sp³-hybridized carbons (Fsp3) is 0.0345. The third kappa shape index (κ3) is 6.52.